The summed E-state index contributed by atoms with van der Waals surface area (Å²) in [5.41, 5.74) is 0.580. The van der Waals surface area contributed by atoms with Crippen LogP contribution in [-0.4, -0.2) is 50.0 Å². The van der Waals surface area contributed by atoms with Gasteiger partial charge >= 0.3 is 0 Å². The second kappa shape index (κ2) is 11.5. The molecule has 0 heterocycles. The highest BCUT2D eigenvalue weighted by atomic mass is 32.2. The van der Waals surface area contributed by atoms with E-state index in [4.69, 9.17) is 0 Å². The van der Waals surface area contributed by atoms with Gasteiger partial charge in [-0.3, -0.25) is 13.9 Å². The van der Waals surface area contributed by atoms with E-state index in [-0.39, 0.29) is 18.2 Å². The zero-order valence-electron chi connectivity index (χ0n) is 20.9. The maximum absolute atomic E-state index is 14.5. The van der Waals surface area contributed by atoms with Crippen LogP contribution in [-0.2, 0) is 26.2 Å². The van der Waals surface area contributed by atoms with E-state index in [9.17, 15) is 22.4 Å². The van der Waals surface area contributed by atoms with Gasteiger partial charge in [0.05, 0.1) is 11.9 Å². The number of rotatable bonds is 10. The predicted molar refractivity (Wildman–Crippen MR) is 140 cm³/mol. The van der Waals surface area contributed by atoms with Crippen LogP contribution in [0, 0.1) is 5.82 Å². The minimum Gasteiger partial charge on any atom is -0.352 e. The van der Waals surface area contributed by atoms with E-state index in [0.717, 1.165) is 15.9 Å². The van der Waals surface area contributed by atoms with Crippen LogP contribution in [0.2, 0.25) is 0 Å². The summed E-state index contributed by atoms with van der Waals surface area (Å²) in [7, 11) is -3.88. The maximum atomic E-state index is 14.5. The normalized spacial score (nSPS) is 13.1. The molecular weight excluding hydrogens is 481 g/mol. The summed E-state index contributed by atoms with van der Waals surface area (Å²) in [6.07, 6.45) is 1.73. The monoisotopic (exact) mass is 513 g/mol. The van der Waals surface area contributed by atoms with Gasteiger partial charge in [0.2, 0.25) is 21.8 Å². The first-order valence-electron chi connectivity index (χ1n) is 11.8. The lowest BCUT2D eigenvalue weighted by Gasteiger charge is -2.32. The molecule has 0 aromatic heterocycles. The van der Waals surface area contributed by atoms with Crippen LogP contribution in [0.3, 0.4) is 0 Å². The number of carbonyl (C=O) groups excluding carboxylic acids is 2. The number of carbonyl (C=O) groups is 2. The van der Waals surface area contributed by atoms with E-state index in [0.29, 0.717) is 17.5 Å². The SMILES string of the molecule is CCC(C)NC(=O)C(C)N(Cc1ccccc1F)C(=O)CN(c1cccc2ccccc12)S(C)(=O)=O. The van der Waals surface area contributed by atoms with Crippen LogP contribution in [0.4, 0.5) is 10.1 Å². The lowest BCUT2D eigenvalue weighted by atomic mass is 10.1. The molecule has 1 N–H and O–H groups in total. The van der Waals surface area contributed by atoms with Crippen molar-refractivity contribution in [3.05, 3.63) is 78.1 Å². The Kier molecular flexibility index (Phi) is 8.68. The minimum atomic E-state index is -3.88. The molecule has 36 heavy (non-hydrogen) atoms. The molecule has 0 saturated carbocycles. The van der Waals surface area contributed by atoms with Crippen molar-refractivity contribution in [2.45, 2.75) is 45.8 Å². The quantitative estimate of drug-likeness (QED) is 0.443. The molecule has 192 valence electrons. The molecule has 3 rings (SSSR count). The molecule has 2 unspecified atom stereocenters. The molecule has 0 aliphatic rings. The van der Waals surface area contributed by atoms with Crippen molar-refractivity contribution in [3.63, 3.8) is 0 Å². The molecule has 3 aromatic carbocycles. The Hall–Kier alpha value is -3.46. The Morgan fingerprint density at radius 1 is 0.972 bits per heavy atom. The van der Waals surface area contributed by atoms with Gasteiger partial charge in [-0.15, -0.1) is 0 Å². The van der Waals surface area contributed by atoms with Gasteiger partial charge in [-0.2, -0.15) is 0 Å². The topological polar surface area (TPSA) is 86.8 Å². The summed E-state index contributed by atoms with van der Waals surface area (Å²) in [4.78, 5) is 27.8. The highest BCUT2D eigenvalue weighted by Crippen LogP contribution is 2.28. The molecule has 0 spiro atoms. The van der Waals surface area contributed by atoms with Gasteiger partial charge in [0.15, 0.2) is 0 Å². The van der Waals surface area contributed by atoms with Crippen LogP contribution < -0.4 is 9.62 Å². The van der Waals surface area contributed by atoms with E-state index in [1.165, 1.54) is 23.1 Å². The molecule has 9 heteroatoms. The summed E-state index contributed by atoms with van der Waals surface area (Å²) < 4.78 is 41.2. The van der Waals surface area contributed by atoms with Gasteiger partial charge in [-0.1, -0.05) is 61.5 Å². The molecule has 0 aliphatic heterocycles. The first-order valence-corrected chi connectivity index (χ1v) is 13.7. The van der Waals surface area contributed by atoms with E-state index in [2.05, 4.69) is 5.32 Å². The average molecular weight is 514 g/mol. The molecular formula is C27H32FN3O4S. The lowest BCUT2D eigenvalue weighted by Crippen LogP contribution is -2.52. The van der Waals surface area contributed by atoms with Gasteiger partial charge < -0.3 is 10.2 Å². The Bertz CT molecular complexity index is 1340. The van der Waals surface area contributed by atoms with Gasteiger partial charge in [0.1, 0.15) is 18.4 Å². The maximum Gasteiger partial charge on any atom is 0.244 e. The van der Waals surface area contributed by atoms with Crippen molar-refractivity contribution in [1.82, 2.24) is 10.2 Å². The van der Waals surface area contributed by atoms with E-state index in [1.807, 2.05) is 32.0 Å². The highest BCUT2D eigenvalue weighted by Gasteiger charge is 2.31. The fraction of sp³-hybridized carbons (Fsp3) is 0.333. The fourth-order valence-electron chi connectivity index (χ4n) is 3.88. The summed E-state index contributed by atoms with van der Waals surface area (Å²) in [5.74, 6) is -1.53. The number of hydrogen-bond donors (Lipinski definition) is 1. The molecule has 2 amide bonds. The van der Waals surface area contributed by atoms with Crippen molar-refractivity contribution in [1.29, 1.82) is 0 Å². The molecule has 0 radical (unpaired) electrons. The summed E-state index contributed by atoms with van der Waals surface area (Å²) in [6, 6.07) is 17.4. The van der Waals surface area contributed by atoms with Crippen LogP contribution >= 0.6 is 0 Å². The number of anilines is 1. The second-order valence-corrected chi connectivity index (χ2v) is 10.8. The molecule has 2 atom stereocenters. The third-order valence-corrected chi connectivity index (χ3v) is 7.31. The first-order chi connectivity index (χ1) is 17.0. The van der Waals surface area contributed by atoms with Crippen molar-refractivity contribution in [2.75, 3.05) is 17.1 Å². The lowest BCUT2D eigenvalue weighted by molar-refractivity contribution is -0.139. The zero-order chi connectivity index (χ0) is 26.5. The number of sulfonamides is 1. The molecule has 0 fully saturated rings. The third kappa shape index (κ3) is 6.40. The van der Waals surface area contributed by atoms with Gasteiger partial charge in [0, 0.05) is 23.5 Å². The standard InChI is InChI=1S/C27H32FN3O4S/c1-5-19(2)29-27(33)20(3)30(17-22-12-7-9-15-24(22)28)26(32)18-31(36(4,34)35)25-16-10-13-21-11-6-8-14-23(21)25/h6-16,19-20H,5,17-18H2,1-4H3,(H,29,33). The van der Waals surface area contributed by atoms with E-state index in [1.54, 1.807) is 37.3 Å². The number of benzene rings is 3. The van der Waals surface area contributed by atoms with Crippen molar-refractivity contribution >= 4 is 38.3 Å². The third-order valence-electron chi connectivity index (χ3n) is 6.18. The van der Waals surface area contributed by atoms with Gasteiger partial charge in [-0.25, -0.2) is 12.8 Å². The van der Waals surface area contributed by atoms with Gasteiger partial charge in [-0.05, 0) is 37.8 Å². The van der Waals surface area contributed by atoms with Crippen LogP contribution in [0.25, 0.3) is 10.8 Å². The van der Waals surface area contributed by atoms with E-state index < -0.39 is 40.2 Å². The number of fused-ring (bicyclic) bond motifs is 1. The minimum absolute atomic E-state index is 0.117. The summed E-state index contributed by atoms with van der Waals surface area (Å²) >= 11 is 0. The predicted octanol–water partition coefficient (Wildman–Crippen LogP) is 4.08. The molecule has 0 aliphatic carbocycles. The smallest absolute Gasteiger partial charge is 0.244 e. The molecule has 3 aromatic rings. The second-order valence-electron chi connectivity index (χ2n) is 8.87. The molecule has 7 nitrogen and oxygen atoms in total. The van der Waals surface area contributed by atoms with Crippen LogP contribution in [0.15, 0.2) is 66.7 Å². The van der Waals surface area contributed by atoms with Crippen LogP contribution in [0.5, 0.6) is 0 Å². The van der Waals surface area contributed by atoms with Crippen LogP contribution in [0.1, 0.15) is 32.8 Å². The van der Waals surface area contributed by atoms with Crippen molar-refractivity contribution < 1.29 is 22.4 Å². The number of amides is 2. The summed E-state index contributed by atoms with van der Waals surface area (Å²) in [6.45, 7) is 4.60. The fourth-order valence-corrected chi connectivity index (χ4v) is 4.74. The van der Waals surface area contributed by atoms with E-state index >= 15 is 0 Å². The Balaban J connectivity index is 2.00. The Labute approximate surface area is 212 Å². The number of halogens is 1. The summed E-state index contributed by atoms with van der Waals surface area (Å²) in [5, 5.41) is 4.33. The number of hydrogen-bond acceptors (Lipinski definition) is 4. The molecule has 0 saturated heterocycles. The Morgan fingerprint density at radius 3 is 2.28 bits per heavy atom. The molecule has 0 bridgehead atoms. The van der Waals surface area contributed by atoms with Gasteiger partial charge in [0.25, 0.3) is 0 Å². The van der Waals surface area contributed by atoms with Crippen molar-refractivity contribution in [3.8, 4) is 0 Å². The number of nitrogens with one attached hydrogen (secondary N) is 1. The zero-order valence-corrected chi connectivity index (χ0v) is 21.8. The largest absolute Gasteiger partial charge is 0.352 e. The number of nitrogens with zero attached hydrogens (tertiary/aromatic N) is 2. The highest BCUT2D eigenvalue weighted by molar-refractivity contribution is 7.92. The average Bonchev–Trinajstić information content (AvgIpc) is 2.85. The van der Waals surface area contributed by atoms with Crippen molar-refractivity contribution in [2.24, 2.45) is 0 Å². The first kappa shape index (κ1) is 27.1. The Morgan fingerprint density at radius 2 is 1.61 bits per heavy atom.